The molecule has 0 amide bonds. The SMILES string of the molecule is O=C(Cc1ccc2c(n1)N(S(=O)(=O)N1C[C@H]3CCC[C@H]3C1)C[C@H](CO)O2)c1c(Cl)cccc1Cl. The van der Waals surface area contributed by atoms with Gasteiger partial charge < -0.3 is 9.84 Å². The average molecular weight is 526 g/mol. The fraction of sp³-hybridized carbons (Fsp3) is 0.478. The minimum absolute atomic E-state index is 0.0571. The number of hydrogen-bond donors (Lipinski definition) is 1. The maximum Gasteiger partial charge on any atom is 0.305 e. The predicted octanol–water partition coefficient (Wildman–Crippen LogP) is 3.35. The van der Waals surface area contributed by atoms with Gasteiger partial charge in [-0.25, -0.2) is 9.29 Å². The second-order valence-corrected chi connectivity index (χ2v) is 11.7. The summed E-state index contributed by atoms with van der Waals surface area (Å²) in [6.07, 6.45) is 2.42. The van der Waals surface area contributed by atoms with Gasteiger partial charge in [0, 0.05) is 13.1 Å². The number of halogens is 2. The van der Waals surface area contributed by atoms with Crippen LogP contribution in [0.25, 0.3) is 0 Å². The molecule has 0 bridgehead atoms. The molecule has 0 unspecified atom stereocenters. The average Bonchev–Trinajstić information content (AvgIpc) is 3.41. The van der Waals surface area contributed by atoms with Crippen LogP contribution in [0, 0.1) is 11.8 Å². The van der Waals surface area contributed by atoms with Gasteiger partial charge >= 0.3 is 10.2 Å². The lowest BCUT2D eigenvalue weighted by molar-refractivity contribution is 0.0991. The largest absolute Gasteiger partial charge is 0.482 e. The topological polar surface area (TPSA) is 100 Å². The van der Waals surface area contributed by atoms with Gasteiger partial charge in [-0.1, -0.05) is 35.7 Å². The van der Waals surface area contributed by atoms with E-state index in [0.29, 0.717) is 30.6 Å². The Hall–Kier alpha value is -1.91. The van der Waals surface area contributed by atoms with E-state index in [9.17, 15) is 18.3 Å². The number of ether oxygens (including phenoxy) is 1. The van der Waals surface area contributed by atoms with Gasteiger partial charge in [-0.2, -0.15) is 12.7 Å². The van der Waals surface area contributed by atoms with Crippen molar-refractivity contribution in [2.24, 2.45) is 11.8 Å². The van der Waals surface area contributed by atoms with E-state index in [2.05, 4.69) is 4.98 Å². The predicted molar refractivity (Wildman–Crippen MR) is 129 cm³/mol. The van der Waals surface area contributed by atoms with Crippen LogP contribution in [0.5, 0.6) is 5.75 Å². The highest BCUT2D eigenvalue weighted by Gasteiger charge is 2.45. The number of rotatable bonds is 6. The number of nitrogens with zero attached hydrogens (tertiary/aromatic N) is 3. The summed E-state index contributed by atoms with van der Waals surface area (Å²) in [7, 11) is -3.89. The van der Waals surface area contributed by atoms with Crippen LogP contribution in [-0.2, 0) is 16.6 Å². The number of ketones is 1. The number of anilines is 1. The highest BCUT2D eigenvalue weighted by Crippen LogP contribution is 2.41. The van der Waals surface area contributed by atoms with Gasteiger partial charge in [0.25, 0.3) is 0 Å². The summed E-state index contributed by atoms with van der Waals surface area (Å²) in [4.78, 5) is 17.4. The Labute approximate surface area is 208 Å². The van der Waals surface area contributed by atoms with Crippen molar-refractivity contribution in [3.8, 4) is 5.75 Å². The molecule has 1 N–H and O–H groups in total. The number of Topliss-reactive ketones (excluding diaryl/α,β-unsaturated/α-hetero) is 1. The molecule has 3 atom stereocenters. The first-order valence-electron chi connectivity index (χ1n) is 11.3. The second kappa shape index (κ2) is 9.28. The van der Waals surface area contributed by atoms with Gasteiger partial charge in [-0.05, 0) is 48.9 Å². The van der Waals surface area contributed by atoms with Crippen molar-refractivity contribution >= 4 is 45.0 Å². The first kappa shape index (κ1) is 23.8. The van der Waals surface area contributed by atoms with Crippen LogP contribution in [0.1, 0.15) is 35.3 Å². The summed E-state index contributed by atoms with van der Waals surface area (Å²) in [6.45, 7) is 0.597. The van der Waals surface area contributed by atoms with E-state index in [1.807, 2.05) is 0 Å². The summed E-state index contributed by atoms with van der Waals surface area (Å²) in [6, 6.07) is 8.02. The Kier molecular flexibility index (Phi) is 6.50. The summed E-state index contributed by atoms with van der Waals surface area (Å²) in [5.74, 6) is 0.828. The number of pyridine rings is 1. The van der Waals surface area contributed by atoms with Gasteiger partial charge in [-0.15, -0.1) is 0 Å². The van der Waals surface area contributed by atoms with Crippen LogP contribution in [0.15, 0.2) is 30.3 Å². The summed E-state index contributed by atoms with van der Waals surface area (Å²) < 4.78 is 35.8. The van der Waals surface area contributed by atoms with Gasteiger partial charge in [0.15, 0.2) is 17.4 Å². The normalized spacial score (nSPS) is 24.6. The molecule has 8 nitrogen and oxygen atoms in total. The Morgan fingerprint density at radius 2 is 1.76 bits per heavy atom. The molecular weight excluding hydrogens is 501 g/mol. The first-order chi connectivity index (χ1) is 16.3. The minimum Gasteiger partial charge on any atom is -0.482 e. The van der Waals surface area contributed by atoms with E-state index in [0.717, 1.165) is 19.3 Å². The molecule has 182 valence electrons. The smallest absolute Gasteiger partial charge is 0.305 e. The molecular formula is C23H25Cl2N3O5S. The zero-order chi connectivity index (χ0) is 24.0. The summed E-state index contributed by atoms with van der Waals surface area (Å²) >= 11 is 12.3. The number of carbonyl (C=O) groups is 1. The fourth-order valence-corrected chi connectivity index (χ4v) is 7.52. The van der Waals surface area contributed by atoms with Crippen LogP contribution >= 0.6 is 23.2 Å². The lowest BCUT2D eigenvalue weighted by atomic mass is 10.0. The molecule has 2 aliphatic heterocycles. The van der Waals surface area contributed by atoms with Crippen molar-refractivity contribution in [1.29, 1.82) is 0 Å². The van der Waals surface area contributed by atoms with Gasteiger partial charge in [-0.3, -0.25) is 4.79 Å². The number of carbonyl (C=O) groups excluding carboxylic acids is 1. The highest BCUT2D eigenvalue weighted by atomic mass is 35.5. The van der Waals surface area contributed by atoms with E-state index in [4.69, 9.17) is 27.9 Å². The monoisotopic (exact) mass is 525 g/mol. The summed E-state index contributed by atoms with van der Waals surface area (Å²) in [5, 5.41) is 10.2. The minimum atomic E-state index is -3.89. The van der Waals surface area contributed by atoms with Crippen molar-refractivity contribution in [3.63, 3.8) is 0 Å². The Morgan fingerprint density at radius 3 is 2.41 bits per heavy atom. The number of benzene rings is 1. The van der Waals surface area contributed by atoms with E-state index >= 15 is 0 Å². The third-order valence-electron chi connectivity index (χ3n) is 6.88. The molecule has 34 heavy (non-hydrogen) atoms. The molecule has 2 aromatic rings. The third-order valence-corrected chi connectivity index (χ3v) is 9.34. The number of hydrogen-bond acceptors (Lipinski definition) is 6. The molecule has 1 aliphatic carbocycles. The van der Waals surface area contributed by atoms with E-state index < -0.39 is 16.3 Å². The van der Waals surface area contributed by atoms with Crippen LogP contribution in [0.4, 0.5) is 5.82 Å². The zero-order valence-electron chi connectivity index (χ0n) is 18.4. The number of aliphatic hydroxyl groups is 1. The lowest BCUT2D eigenvalue weighted by Crippen LogP contribution is -2.51. The maximum atomic E-state index is 13.7. The van der Waals surface area contributed by atoms with Crippen molar-refractivity contribution in [3.05, 3.63) is 51.6 Å². The Bertz CT molecular complexity index is 1190. The molecule has 3 aliphatic rings. The van der Waals surface area contributed by atoms with Crippen molar-refractivity contribution < 1.29 is 23.1 Å². The highest BCUT2D eigenvalue weighted by molar-refractivity contribution is 7.90. The van der Waals surface area contributed by atoms with Gasteiger partial charge in [0.1, 0.15) is 6.10 Å². The second-order valence-electron chi connectivity index (χ2n) is 9.05. The third kappa shape index (κ3) is 4.28. The molecule has 1 aromatic heterocycles. The Balaban J connectivity index is 1.45. The molecule has 1 saturated heterocycles. The van der Waals surface area contributed by atoms with E-state index in [-0.39, 0.29) is 52.5 Å². The number of fused-ring (bicyclic) bond motifs is 2. The maximum absolute atomic E-state index is 13.7. The van der Waals surface area contributed by atoms with E-state index in [1.165, 1.54) is 8.61 Å². The number of aliphatic hydroxyl groups excluding tert-OH is 1. The number of aromatic nitrogens is 1. The molecule has 3 heterocycles. The van der Waals surface area contributed by atoms with Crippen LogP contribution in [0.3, 0.4) is 0 Å². The van der Waals surface area contributed by atoms with Gasteiger partial charge in [0.05, 0.1) is 40.9 Å². The molecule has 1 saturated carbocycles. The standard InChI is InChI=1S/C23H25Cl2N3O5S/c24-18-5-2-6-19(25)22(18)20(30)9-16-7-8-21-23(26-16)28(12-17(13-29)33-21)34(31,32)27-10-14-3-1-4-15(14)11-27/h2,5-8,14-15,17,29H,1,3-4,9-13H2/t14-,15+,17-/m1/s1. The van der Waals surface area contributed by atoms with E-state index in [1.54, 1.807) is 30.3 Å². The molecule has 11 heteroatoms. The molecule has 5 rings (SSSR count). The first-order valence-corrected chi connectivity index (χ1v) is 13.5. The fourth-order valence-electron chi connectivity index (χ4n) is 5.17. The molecule has 0 spiro atoms. The van der Waals surface area contributed by atoms with Gasteiger partial charge in [0.2, 0.25) is 0 Å². The van der Waals surface area contributed by atoms with Crippen molar-refractivity contribution in [2.75, 3.05) is 30.5 Å². The van der Waals surface area contributed by atoms with Crippen LogP contribution < -0.4 is 9.04 Å². The lowest BCUT2D eigenvalue weighted by Gasteiger charge is -2.36. The zero-order valence-corrected chi connectivity index (χ0v) is 20.7. The Morgan fingerprint density at radius 1 is 1.09 bits per heavy atom. The van der Waals surface area contributed by atoms with Crippen LogP contribution in [0.2, 0.25) is 10.0 Å². The summed E-state index contributed by atoms with van der Waals surface area (Å²) in [5.41, 5.74) is 0.569. The van der Waals surface area contributed by atoms with Crippen LogP contribution in [-0.4, -0.2) is 60.9 Å². The van der Waals surface area contributed by atoms with Crippen molar-refractivity contribution in [2.45, 2.75) is 31.8 Å². The molecule has 2 fully saturated rings. The quantitative estimate of drug-likeness (QED) is 0.580. The molecule has 0 radical (unpaired) electrons. The molecule has 1 aromatic carbocycles. The van der Waals surface area contributed by atoms with Crippen molar-refractivity contribution in [1.82, 2.24) is 9.29 Å².